The van der Waals surface area contributed by atoms with Crippen LogP contribution in [-0.2, 0) is 9.53 Å². The van der Waals surface area contributed by atoms with Crippen LogP contribution in [0, 0.1) is 5.41 Å². The summed E-state index contributed by atoms with van der Waals surface area (Å²) in [4.78, 5) is 14.7. The molecule has 4 heteroatoms. The van der Waals surface area contributed by atoms with Crippen molar-refractivity contribution in [2.45, 2.75) is 57.4 Å². The minimum absolute atomic E-state index is 0.0681. The summed E-state index contributed by atoms with van der Waals surface area (Å²) in [5, 5.41) is 3.22. The van der Waals surface area contributed by atoms with Gasteiger partial charge in [0.25, 0.3) is 0 Å². The molecule has 0 aromatic heterocycles. The highest BCUT2D eigenvalue weighted by molar-refractivity contribution is 5.81. The van der Waals surface area contributed by atoms with Crippen molar-refractivity contribution < 1.29 is 9.53 Å². The van der Waals surface area contributed by atoms with Gasteiger partial charge in [0.2, 0.25) is 5.91 Å². The average molecular weight is 282 g/mol. The van der Waals surface area contributed by atoms with Gasteiger partial charge in [-0.05, 0) is 39.3 Å². The molecule has 1 heterocycles. The van der Waals surface area contributed by atoms with Crippen molar-refractivity contribution in [3.8, 4) is 0 Å². The van der Waals surface area contributed by atoms with Crippen LogP contribution >= 0.6 is 0 Å². The number of carbonyl (C=O) groups excluding carboxylic acids is 1. The van der Waals surface area contributed by atoms with Gasteiger partial charge in [-0.3, -0.25) is 9.69 Å². The van der Waals surface area contributed by atoms with E-state index in [-0.39, 0.29) is 17.4 Å². The highest BCUT2D eigenvalue weighted by Gasteiger charge is 2.35. The van der Waals surface area contributed by atoms with E-state index in [1.54, 1.807) is 7.11 Å². The standard InChI is InChI=1S/C16H30N2O2/c1-18-11-7-3-4-8-14(18)15(19)17-12-16(13-20-2)9-5-6-10-16/h14H,3-13H2,1-2H3,(H,17,19)/t14-/m0/s1. The van der Waals surface area contributed by atoms with E-state index < -0.39 is 0 Å². The van der Waals surface area contributed by atoms with Crippen molar-refractivity contribution in [2.24, 2.45) is 5.41 Å². The summed E-state index contributed by atoms with van der Waals surface area (Å²) in [6.45, 7) is 2.60. The molecule has 0 bridgehead atoms. The summed E-state index contributed by atoms with van der Waals surface area (Å²) in [5.74, 6) is 0.219. The first-order chi connectivity index (χ1) is 9.67. The Balaban J connectivity index is 1.86. The van der Waals surface area contributed by atoms with Gasteiger partial charge in [0, 0.05) is 19.1 Å². The van der Waals surface area contributed by atoms with Crippen LogP contribution in [0.1, 0.15) is 51.4 Å². The number of hydrogen-bond acceptors (Lipinski definition) is 3. The Bertz CT molecular complexity index is 314. The smallest absolute Gasteiger partial charge is 0.237 e. The second kappa shape index (κ2) is 7.41. The van der Waals surface area contributed by atoms with E-state index in [2.05, 4.69) is 17.3 Å². The molecule has 1 atom stereocenters. The number of rotatable bonds is 5. The predicted molar refractivity (Wildman–Crippen MR) is 80.7 cm³/mol. The van der Waals surface area contributed by atoms with Crippen LogP contribution < -0.4 is 5.32 Å². The maximum absolute atomic E-state index is 12.5. The second-order valence-corrected chi connectivity index (χ2v) is 6.70. The van der Waals surface area contributed by atoms with Gasteiger partial charge in [-0.2, -0.15) is 0 Å². The zero-order valence-corrected chi connectivity index (χ0v) is 13.1. The van der Waals surface area contributed by atoms with E-state index in [1.165, 1.54) is 44.9 Å². The third-order valence-corrected chi connectivity index (χ3v) is 5.08. The number of likely N-dealkylation sites (N-methyl/N-ethyl adjacent to an activating group) is 1. The summed E-state index contributed by atoms with van der Waals surface area (Å²) >= 11 is 0. The Morgan fingerprint density at radius 2 is 2.00 bits per heavy atom. The van der Waals surface area contributed by atoms with Crippen molar-refractivity contribution in [3.63, 3.8) is 0 Å². The molecular formula is C16H30N2O2. The molecular weight excluding hydrogens is 252 g/mol. The summed E-state index contributed by atoms with van der Waals surface area (Å²) in [6, 6.07) is 0.0681. The van der Waals surface area contributed by atoms with Crippen molar-refractivity contribution in [3.05, 3.63) is 0 Å². The van der Waals surface area contributed by atoms with Crippen LogP contribution in [0.25, 0.3) is 0 Å². The minimum Gasteiger partial charge on any atom is -0.384 e. The fourth-order valence-electron chi connectivity index (χ4n) is 3.78. The van der Waals surface area contributed by atoms with Gasteiger partial charge >= 0.3 is 0 Å². The lowest BCUT2D eigenvalue weighted by atomic mass is 9.87. The molecule has 4 nitrogen and oxygen atoms in total. The number of nitrogens with one attached hydrogen (secondary N) is 1. The lowest BCUT2D eigenvalue weighted by molar-refractivity contribution is -0.126. The number of likely N-dealkylation sites (tertiary alicyclic amines) is 1. The zero-order valence-electron chi connectivity index (χ0n) is 13.1. The Morgan fingerprint density at radius 3 is 2.70 bits per heavy atom. The highest BCUT2D eigenvalue weighted by Crippen LogP contribution is 2.37. The normalized spacial score (nSPS) is 27.2. The fourth-order valence-corrected chi connectivity index (χ4v) is 3.78. The topological polar surface area (TPSA) is 41.6 Å². The first-order valence-electron chi connectivity index (χ1n) is 8.14. The van der Waals surface area contributed by atoms with Crippen LogP contribution in [0.5, 0.6) is 0 Å². The van der Waals surface area contributed by atoms with Crippen LogP contribution in [0.2, 0.25) is 0 Å². The molecule has 0 radical (unpaired) electrons. The van der Waals surface area contributed by atoms with Gasteiger partial charge in [0.05, 0.1) is 12.6 Å². The Morgan fingerprint density at radius 1 is 1.25 bits per heavy atom. The van der Waals surface area contributed by atoms with Gasteiger partial charge in [0.15, 0.2) is 0 Å². The molecule has 2 rings (SSSR count). The number of nitrogens with zero attached hydrogens (tertiary/aromatic N) is 1. The molecule has 1 saturated heterocycles. The van der Waals surface area contributed by atoms with Gasteiger partial charge < -0.3 is 10.1 Å². The lowest BCUT2D eigenvalue weighted by Gasteiger charge is -2.31. The van der Waals surface area contributed by atoms with Gasteiger partial charge in [0.1, 0.15) is 0 Å². The average Bonchev–Trinajstić information content (AvgIpc) is 2.78. The monoisotopic (exact) mass is 282 g/mol. The number of carbonyl (C=O) groups is 1. The van der Waals surface area contributed by atoms with Crippen molar-refractivity contribution in [1.82, 2.24) is 10.2 Å². The van der Waals surface area contributed by atoms with Crippen molar-refractivity contribution in [1.29, 1.82) is 0 Å². The molecule has 1 amide bonds. The van der Waals surface area contributed by atoms with E-state index in [4.69, 9.17) is 4.74 Å². The molecule has 1 N–H and O–H groups in total. The number of hydrogen-bond donors (Lipinski definition) is 1. The van der Waals surface area contributed by atoms with Gasteiger partial charge in [-0.1, -0.05) is 25.7 Å². The summed E-state index contributed by atoms with van der Waals surface area (Å²) < 4.78 is 5.39. The maximum atomic E-state index is 12.5. The van der Waals surface area contributed by atoms with E-state index >= 15 is 0 Å². The first kappa shape index (κ1) is 15.8. The lowest BCUT2D eigenvalue weighted by Crippen LogP contribution is -2.48. The molecule has 0 aromatic carbocycles. The molecule has 1 aliphatic carbocycles. The number of ether oxygens (including phenoxy) is 1. The number of amides is 1. The molecule has 0 aromatic rings. The van der Waals surface area contributed by atoms with Crippen molar-refractivity contribution >= 4 is 5.91 Å². The molecule has 20 heavy (non-hydrogen) atoms. The van der Waals surface area contributed by atoms with E-state index in [1.807, 2.05) is 0 Å². The second-order valence-electron chi connectivity index (χ2n) is 6.70. The van der Waals surface area contributed by atoms with Crippen molar-refractivity contribution in [2.75, 3.05) is 33.9 Å². The Labute approximate surface area is 123 Å². The SMILES string of the molecule is COCC1(CNC(=O)[C@@H]2CCCCCN2C)CCCC1. The van der Waals surface area contributed by atoms with Gasteiger partial charge in [-0.15, -0.1) is 0 Å². The summed E-state index contributed by atoms with van der Waals surface area (Å²) in [7, 11) is 3.84. The van der Waals surface area contributed by atoms with E-state index in [0.29, 0.717) is 0 Å². The largest absolute Gasteiger partial charge is 0.384 e. The minimum atomic E-state index is 0.0681. The molecule has 116 valence electrons. The quantitative estimate of drug-likeness (QED) is 0.840. The van der Waals surface area contributed by atoms with Crippen LogP contribution in [-0.4, -0.2) is 50.7 Å². The van der Waals surface area contributed by atoms with E-state index in [9.17, 15) is 4.79 Å². The molecule has 0 spiro atoms. The number of methoxy groups -OCH3 is 1. The predicted octanol–water partition coefficient (Wildman–Crippen LogP) is 2.18. The highest BCUT2D eigenvalue weighted by atomic mass is 16.5. The van der Waals surface area contributed by atoms with E-state index in [0.717, 1.165) is 26.1 Å². The summed E-state index contributed by atoms with van der Waals surface area (Å²) in [5.41, 5.74) is 0.188. The fraction of sp³-hybridized carbons (Fsp3) is 0.938. The molecule has 1 saturated carbocycles. The third kappa shape index (κ3) is 3.95. The van der Waals surface area contributed by atoms with Gasteiger partial charge in [-0.25, -0.2) is 0 Å². The Kier molecular flexibility index (Phi) is 5.85. The molecule has 1 aliphatic heterocycles. The zero-order chi connectivity index (χ0) is 14.4. The Hall–Kier alpha value is -0.610. The molecule has 2 aliphatic rings. The van der Waals surface area contributed by atoms with Crippen LogP contribution in [0.3, 0.4) is 0 Å². The van der Waals surface area contributed by atoms with Crippen LogP contribution in [0.15, 0.2) is 0 Å². The van der Waals surface area contributed by atoms with Crippen LogP contribution in [0.4, 0.5) is 0 Å². The molecule has 0 unspecified atom stereocenters. The first-order valence-corrected chi connectivity index (χ1v) is 8.14. The maximum Gasteiger partial charge on any atom is 0.237 e. The molecule has 2 fully saturated rings. The summed E-state index contributed by atoms with van der Waals surface area (Å²) in [6.07, 6.45) is 9.54. The third-order valence-electron chi connectivity index (χ3n) is 5.08.